The van der Waals surface area contributed by atoms with Gasteiger partial charge in [0.15, 0.2) is 6.04 Å². The molecule has 122 valence electrons. The molecular weight excluding hydrogens is 304 g/mol. The smallest absolute Gasteiger partial charge is 0.282 e. The normalized spacial score (nSPS) is 13.4. The third-order valence-corrected chi connectivity index (χ3v) is 4.90. The van der Waals surface area contributed by atoms with Crippen LogP contribution in [0.15, 0.2) is 53.4 Å². The van der Waals surface area contributed by atoms with Crippen LogP contribution in [-0.4, -0.2) is 25.3 Å². The van der Waals surface area contributed by atoms with Gasteiger partial charge in [-0.2, -0.15) is 0 Å². The molecule has 23 heavy (non-hydrogen) atoms. The number of benzene rings is 2. The summed E-state index contributed by atoms with van der Waals surface area (Å²) >= 11 is 1.64. The second-order valence-electron chi connectivity index (χ2n) is 5.92. The summed E-state index contributed by atoms with van der Waals surface area (Å²) in [6.45, 7) is 4.89. The number of rotatable bonds is 6. The first-order valence-electron chi connectivity index (χ1n) is 7.83. The van der Waals surface area contributed by atoms with Crippen molar-refractivity contribution in [3.63, 3.8) is 0 Å². The van der Waals surface area contributed by atoms with Crippen molar-refractivity contribution in [1.82, 2.24) is 0 Å². The molecule has 0 bridgehead atoms. The van der Waals surface area contributed by atoms with Crippen LogP contribution in [0.25, 0.3) is 0 Å². The van der Waals surface area contributed by atoms with Gasteiger partial charge in [-0.15, -0.1) is 11.8 Å². The molecule has 0 fully saturated rings. The van der Waals surface area contributed by atoms with Crippen molar-refractivity contribution in [3.05, 3.63) is 59.7 Å². The fourth-order valence-electron chi connectivity index (χ4n) is 2.39. The fourth-order valence-corrected chi connectivity index (χ4v) is 2.95. The van der Waals surface area contributed by atoms with Crippen LogP contribution in [0, 0.1) is 6.92 Å². The third-order valence-electron chi connectivity index (χ3n) is 4.10. The van der Waals surface area contributed by atoms with Gasteiger partial charge in [0.05, 0.1) is 12.7 Å². The lowest BCUT2D eigenvalue weighted by Crippen LogP contribution is -3.12. The Labute approximate surface area is 143 Å². The van der Waals surface area contributed by atoms with E-state index in [2.05, 4.69) is 43.6 Å². The molecule has 2 N–H and O–H groups in total. The van der Waals surface area contributed by atoms with Crippen LogP contribution in [0.3, 0.4) is 0 Å². The Morgan fingerprint density at radius 1 is 1.17 bits per heavy atom. The molecule has 3 nitrogen and oxygen atoms in total. The van der Waals surface area contributed by atoms with E-state index in [1.165, 1.54) is 16.0 Å². The van der Waals surface area contributed by atoms with Crippen molar-refractivity contribution >= 4 is 23.4 Å². The Bertz CT molecular complexity index is 655. The third kappa shape index (κ3) is 4.85. The number of hydrogen-bond acceptors (Lipinski definition) is 2. The molecule has 0 spiro atoms. The zero-order valence-corrected chi connectivity index (χ0v) is 15.0. The van der Waals surface area contributed by atoms with E-state index in [0.29, 0.717) is 0 Å². The van der Waals surface area contributed by atoms with E-state index < -0.39 is 0 Å². The number of para-hydroxylation sites is 1. The standard InChI is InChI=1S/C19H24N2OS/c1-14-9-11-16(12-10-14)13-21(3)15(2)19(22)20-17-7-5-6-8-18(17)23-4/h5-12,15H,13H2,1-4H3,(H,20,22)/p+1/t15-/m0/s1. The number of hydrogen-bond donors (Lipinski definition) is 2. The van der Waals surface area contributed by atoms with Gasteiger partial charge in [0.2, 0.25) is 0 Å². The molecule has 0 heterocycles. The van der Waals surface area contributed by atoms with E-state index in [0.717, 1.165) is 17.1 Å². The van der Waals surface area contributed by atoms with E-state index in [1.54, 1.807) is 11.8 Å². The number of quaternary nitrogens is 1. The summed E-state index contributed by atoms with van der Waals surface area (Å²) in [7, 11) is 2.06. The van der Waals surface area contributed by atoms with Gasteiger partial charge < -0.3 is 10.2 Å². The maximum absolute atomic E-state index is 12.5. The van der Waals surface area contributed by atoms with Gasteiger partial charge in [0, 0.05) is 10.5 Å². The molecular formula is C19H25N2OS+. The van der Waals surface area contributed by atoms with Crippen LogP contribution in [-0.2, 0) is 11.3 Å². The van der Waals surface area contributed by atoms with E-state index in [1.807, 2.05) is 37.4 Å². The summed E-state index contributed by atoms with van der Waals surface area (Å²) in [5.41, 5.74) is 3.39. The Morgan fingerprint density at radius 3 is 2.48 bits per heavy atom. The second kappa shape index (κ2) is 8.18. The van der Waals surface area contributed by atoms with E-state index in [9.17, 15) is 4.79 Å². The minimum absolute atomic E-state index is 0.0520. The molecule has 0 aliphatic carbocycles. The number of nitrogens with one attached hydrogen (secondary N) is 2. The first-order chi connectivity index (χ1) is 11.0. The van der Waals surface area contributed by atoms with E-state index >= 15 is 0 Å². The molecule has 2 aromatic rings. The van der Waals surface area contributed by atoms with Crippen LogP contribution in [0.4, 0.5) is 5.69 Å². The van der Waals surface area contributed by atoms with Gasteiger partial charge in [0.1, 0.15) is 6.54 Å². The van der Waals surface area contributed by atoms with Crippen molar-refractivity contribution in [3.8, 4) is 0 Å². The minimum Gasteiger partial charge on any atom is -0.324 e. The molecule has 4 heteroatoms. The SMILES string of the molecule is CSc1ccccc1NC(=O)[C@H](C)[NH+](C)Cc1ccc(C)cc1. The summed E-state index contributed by atoms with van der Waals surface area (Å²) in [6.07, 6.45) is 2.02. The van der Waals surface area contributed by atoms with Crippen molar-refractivity contribution in [1.29, 1.82) is 0 Å². The number of thioether (sulfide) groups is 1. The van der Waals surface area contributed by atoms with Crippen molar-refractivity contribution in [2.45, 2.75) is 31.3 Å². The molecule has 0 saturated heterocycles. The van der Waals surface area contributed by atoms with Crippen LogP contribution < -0.4 is 10.2 Å². The predicted molar refractivity (Wildman–Crippen MR) is 98.1 cm³/mol. The molecule has 0 saturated carbocycles. The van der Waals surface area contributed by atoms with E-state index in [4.69, 9.17) is 0 Å². The second-order valence-corrected chi connectivity index (χ2v) is 6.77. The summed E-state index contributed by atoms with van der Waals surface area (Å²) in [5.74, 6) is 0.0520. The predicted octanol–water partition coefficient (Wildman–Crippen LogP) is 2.76. The van der Waals surface area contributed by atoms with Gasteiger partial charge in [-0.1, -0.05) is 42.0 Å². The minimum atomic E-state index is -0.119. The number of likely N-dealkylation sites (N-methyl/N-ethyl adjacent to an activating group) is 1. The quantitative estimate of drug-likeness (QED) is 0.799. The maximum atomic E-state index is 12.5. The summed E-state index contributed by atoms with van der Waals surface area (Å²) in [5, 5.41) is 3.06. The summed E-state index contributed by atoms with van der Waals surface area (Å²) in [4.78, 5) is 14.8. The number of anilines is 1. The lowest BCUT2D eigenvalue weighted by molar-refractivity contribution is -0.907. The van der Waals surface area contributed by atoms with Crippen molar-refractivity contribution < 1.29 is 9.69 Å². The first kappa shape index (κ1) is 17.6. The summed E-state index contributed by atoms with van der Waals surface area (Å²) in [6, 6.07) is 16.3. The molecule has 0 aliphatic rings. The Morgan fingerprint density at radius 2 is 1.83 bits per heavy atom. The molecule has 1 amide bonds. The van der Waals surface area contributed by atoms with Gasteiger partial charge in [0.25, 0.3) is 5.91 Å². The van der Waals surface area contributed by atoms with Crippen LogP contribution in [0.1, 0.15) is 18.1 Å². The lowest BCUT2D eigenvalue weighted by Gasteiger charge is -2.21. The van der Waals surface area contributed by atoms with Crippen molar-refractivity contribution in [2.24, 2.45) is 0 Å². The highest BCUT2D eigenvalue weighted by atomic mass is 32.2. The monoisotopic (exact) mass is 329 g/mol. The van der Waals surface area contributed by atoms with Crippen LogP contribution in [0.2, 0.25) is 0 Å². The Kier molecular flexibility index (Phi) is 6.25. The zero-order valence-electron chi connectivity index (χ0n) is 14.2. The average molecular weight is 329 g/mol. The number of carbonyl (C=O) groups is 1. The Balaban J connectivity index is 1.99. The molecule has 2 rings (SSSR count). The maximum Gasteiger partial charge on any atom is 0.282 e. The van der Waals surface area contributed by atoms with Crippen LogP contribution in [0.5, 0.6) is 0 Å². The highest BCUT2D eigenvalue weighted by Crippen LogP contribution is 2.24. The fraction of sp³-hybridized carbons (Fsp3) is 0.316. The molecule has 2 aromatic carbocycles. The molecule has 0 aromatic heterocycles. The summed E-state index contributed by atoms with van der Waals surface area (Å²) < 4.78 is 0. The van der Waals surface area contributed by atoms with E-state index in [-0.39, 0.29) is 11.9 Å². The van der Waals surface area contributed by atoms with Crippen molar-refractivity contribution in [2.75, 3.05) is 18.6 Å². The number of carbonyl (C=O) groups excluding carboxylic acids is 1. The molecule has 1 unspecified atom stereocenters. The zero-order chi connectivity index (χ0) is 16.8. The highest BCUT2D eigenvalue weighted by Gasteiger charge is 2.22. The van der Waals surface area contributed by atoms with Gasteiger partial charge >= 0.3 is 0 Å². The number of aryl methyl sites for hydroxylation is 1. The largest absolute Gasteiger partial charge is 0.324 e. The average Bonchev–Trinajstić information content (AvgIpc) is 2.56. The van der Waals surface area contributed by atoms with Gasteiger partial charge in [-0.05, 0) is 32.2 Å². The van der Waals surface area contributed by atoms with Crippen LogP contribution >= 0.6 is 11.8 Å². The molecule has 2 atom stereocenters. The Hall–Kier alpha value is -1.78. The van der Waals surface area contributed by atoms with Gasteiger partial charge in [-0.3, -0.25) is 4.79 Å². The van der Waals surface area contributed by atoms with Gasteiger partial charge in [-0.25, -0.2) is 0 Å². The highest BCUT2D eigenvalue weighted by molar-refractivity contribution is 7.98. The first-order valence-corrected chi connectivity index (χ1v) is 9.05. The topological polar surface area (TPSA) is 33.5 Å². The number of amides is 1. The molecule has 0 radical (unpaired) electrons. The lowest BCUT2D eigenvalue weighted by atomic mass is 10.1. The molecule has 0 aliphatic heterocycles.